The highest BCUT2D eigenvalue weighted by molar-refractivity contribution is 5.94. The maximum atomic E-state index is 12.1. The van der Waals surface area contributed by atoms with Crippen LogP contribution >= 0.6 is 0 Å². The molecular weight excluding hydrogens is 324 g/mol. The molecule has 1 saturated carbocycles. The SMILES string of the molecule is CC(NC(=O)c1cnn(CC(=O)NC2CCCCC2)c1)C(C)C(=O)O. The molecule has 8 heteroatoms. The molecule has 0 aliphatic heterocycles. The number of hydrogen-bond donors (Lipinski definition) is 3. The second-order valence-electron chi connectivity index (χ2n) is 6.72. The van der Waals surface area contributed by atoms with Crippen LogP contribution in [0.4, 0.5) is 0 Å². The van der Waals surface area contributed by atoms with E-state index in [9.17, 15) is 14.4 Å². The fourth-order valence-electron chi connectivity index (χ4n) is 2.86. The van der Waals surface area contributed by atoms with Crippen molar-refractivity contribution >= 4 is 17.8 Å². The van der Waals surface area contributed by atoms with Gasteiger partial charge in [0.2, 0.25) is 5.91 Å². The van der Waals surface area contributed by atoms with Crippen LogP contribution in [0.5, 0.6) is 0 Å². The van der Waals surface area contributed by atoms with Crippen molar-refractivity contribution in [2.75, 3.05) is 0 Å². The maximum absolute atomic E-state index is 12.1. The minimum Gasteiger partial charge on any atom is -0.481 e. The van der Waals surface area contributed by atoms with E-state index in [-0.39, 0.29) is 18.5 Å². The smallest absolute Gasteiger partial charge is 0.308 e. The Balaban J connectivity index is 1.85. The van der Waals surface area contributed by atoms with Gasteiger partial charge < -0.3 is 15.7 Å². The summed E-state index contributed by atoms with van der Waals surface area (Å²) in [6.45, 7) is 3.23. The normalized spacial score (nSPS) is 17.5. The number of carbonyl (C=O) groups is 3. The summed E-state index contributed by atoms with van der Waals surface area (Å²) in [5.74, 6) is -2.18. The maximum Gasteiger partial charge on any atom is 0.308 e. The zero-order chi connectivity index (χ0) is 18.4. The van der Waals surface area contributed by atoms with E-state index in [2.05, 4.69) is 15.7 Å². The fraction of sp³-hybridized carbons (Fsp3) is 0.647. The predicted octanol–water partition coefficient (Wildman–Crippen LogP) is 1.17. The Kier molecular flexibility index (Phi) is 6.55. The number of hydrogen-bond acceptors (Lipinski definition) is 4. The summed E-state index contributed by atoms with van der Waals surface area (Å²) >= 11 is 0. The zero-order valence-corrected chi connectivity index (χ0v) is 14.7. The number of rotatable bonds is 7. The van der Waals surface area contributed by atoms with Crippen molar-refractivity contribution in [3.8, 4) is 0 Å². The second-order valence-corrected chi connectivity index (χ2v) is 6.72. The van der Waals surface area contributed by atoms with E-state index in [1.165, 1.54) is 30.4 Å². The highest BCUT2D eigenvalue weighted by Gasteiger charge is 2.22. The van der Waals surface area contributed by atoms with Crippen LogP contribution in [0.25, 0.3) is 0 Å². The second kappa shape index (κ2) is 8.64. The molecule has 0 bridgehead atoms. The molecule has 2 rings (SSSR count). The first kappa shape index (κ1) is 19.0. The van der Waals surface area contributed by atoms with Gasteiger partial charge in [0.25, 0.3) is 5.91 Å². The van der Waals surface area contributed by atoms with Crippen LogP contribution in [0.1, 0.15) is 56.3 Å². The Labute approximate surface area is 147 Å². The van der Waals surface area contributed by atoms with Crippen LogP contribution in [0.15, 0.2) is 12.4 Å². The number of carbonyl (C=O) groups excluding carboxylic acids is 2. The van der Waals surface area contributed by atoms with Gasteiger partial charge in [0.05, 0.1) is 17.7 Å². The van der Waals surface area contributed by atoms with E-state index in [1.54, 1.807) is 6.92 Å². The van der Waals surface area contributed by atoms with E-state index in [0.29, 0.717) is 5.56 Å². The standard InChI is InChI=1S/C17H26N4O4/c1-11(17(24)25)12(2)19-16(23)13-8-18-21(9-13)10-15(22)20-14-6-4-3-5-7-14/h8-9,11-12,14H,3-7,10H2,1-2H3,(H,19,23)(H,20,22)(H,24,25). The molecule has 2 unspecified atom stereocenters. The highest BCUT2D eigenvalue weighted by atomic mass is 16.4. The first-order valence-corrected chi connectivity index (χ1v) is 8.72. The van der Waals surface area contributed by atoms with E-state index in [4.69, 9.17) is 5.11 Å². The number of nitrogens with one attached hydrogen (secondary N) is 2. The first-order chi connectivity index (χ1) is 11.9. The number of nitrogens with zero attached hydrogens (tertiary/aromatic N) is 2. The van der Waals surface area contributed by atoms with Crippen molar-refractivity contribution in [3.05, 3.63) is 18.0 Å². The highest BCUT2D eigenvalue weighted by Crippen LogP contribution is 2.17. The summed E-state index contributed by atoms with van der Waals surface area (Å²) in [4.78, 5) is 35.1. The van der Waals surface area contributed by atoms with Gasteiger partial charge in [-0.15, -0.1) is 0 Å². The molecule has 1 heterocycles. The Bertz CT molecular complexity index is 622. The summed E-state index contributed by atoms with van der Waals surface area (Å²) in [5, 5.41) is 18.6. The van der Waals surface area contributed by atoms with Crippen LogP contribution in [-0.4, -0.2) is 44.8 Å². The monoisotopic (exact) mass is 350 g/mol. The molecule has 0 spiro atoms. The van der Waals surface area contributed by atoms with Crippen molar-refractivity contribution in [3.63, 3.8) is 0 Å². The fourth-order valence-corrected chi connectivity index (χ4v) is 2.86. The van der Waals surface area contributed by atoms with Gasteiger partial charge in [0, 0.05) is 18.3 Å². The Morgan fingerprint density at radius 2 is 1.96 bits per heavy atom. The van der Waals surface area contributed by atoms with Gasteiger partial charge in [-0.1, -0.05) is 19.3 Å². The zero-order valence-electron chi connectivity index (χ0n) is 14.7. The van der Waals surface area contributed by atoms with Gasteiger partial charge in [-0.3, -0.25) is 19.1 Å². The lowest BCUT2D eigenvalue weighted by molar-refractivity contribution is -0.141. The molecule has 0 radical (unpaired) electrons. The molecule has 25 heavy (non-hydrogen) atoms. The summed E-state index contributed by atoms with van der Waals surface area (Å²) in [5.41, 5.74) is 0.301. The predicted molar refractivity (Wildman–Crippen MR) is 91.0 cm³/mol. The molecule has 1 aliphatic carbocycles. The van der Waals surface area contributed by atoms with Gasteiger partial charge in [-0.25, -0.2) is 0 Å². The average Bonchev–Trinajstić information content (AvgIpc) is 3.03. The third kappa shape index (κ3) is 5.58. The van der Waals surface area contributed by atoms with Gasteiger partial charge in [0.1, 0.15) is 6.54 Å². The number of aromatic nitrogens is 2. The van der Waals surface area contributed by atoms with Crippen LogP contribution < -0.4 is 10.6 Å². The quantitative estimate of drug-likeness (QED) is 0.683. The Hall–Kier alpha value is -2.38. The van der Waals surface area contributed by atoms with Crippen LogP contribution in [0, 0.1) is 5.92 Å². The molecule has 1 fully saturated rings. The minimum absolute atomic E-state index is 0.0604. The van der Waals surface area contributed by atoms with Gasteiger partial charge in [0.15, 0.2) is 0 Å². The molecule has 1 aromatic heterocycles. The van der Waals surface area contributed by atoms with Crippen molar-refractivity contribution < 1.29 is 19.5 Å². The number of amides is 2. The summed E-state index contributed by atoms with van der Waals surface area (Å²) < 4.78 is 1.42. The van der Waals surface area contributed by atoms with Crippen molar-refractivity contribution in [1.82, 2.24) is 20.4 Å². The van der Waals surface area contributed by atoms with Crippen molar-refractivity contribution in [2.24, 2.45) is 5.92 Å². The third-order valence-corrected chi connectivity index (χ3v) is 4.67. The summed E-state index contributed by atoms with van der Waals surface area (Å²) in [6.07, 6.45) is 8.41. The average molecular weight is 350 g/mol. The van der Waals surface area contributed by atoms with Crippen LogP contribution in [0.3, 0.4) is 0 Å². The van der Waals surface area contributed by atoms with Crippen molar-refractivity contribution in [2.45, 2.75) is 64.6 Å². The molecule has 0 saturated heterocycles. The van der Waals surface area contributed by atoms with Crippen LogP contribution in [-0.2, 0) is 16.1 Å². The molecule has 138 valence electrons. The minimum atomic E-state index is -0.970. The van der Waals surface area contributed by atoms with Crippen molar-refractivity contribution in [1.29, 1.82) is 0 Å². The molecule has 3 N–H and O–H groups in total. The lowest BCUT2D eigenvalue weighted by Gasteiger charge is -2.22. The van der Waals surface area contributed by atoms with E-state index in [1.807, 2.05) is 0 Å². The Morgan fingerprint density at radius 3 is 2.60 bits per heavy atom. The number of carboxylic acids is 1. The number of carboxylic acid groups (broad SMARTS) is 1. The largest absolute Gasteiger partial charge is 0.481 e. The van der Waals surface area contributed by atoms with E-state index < -0.39 is 23.8 Å². The number of aliphatic carboxylic acids is 1. The molecule has 1 aromatic rings. The Morgan fingerprint density at radius 1 is 1.28 bits per heavy atom. The third-order valence-electron chi connectivity index (χ3n) is 4.67. The van der Waals surface area contributed by atoms with E-state index >= 15 is 0 Å². The topological polar surface area (TPSA) is 113 Å². The molecule has 0 aromatic carbocycles. The molecule has 2 amide bonds. The molecule has 2 atom stereocenters. The summed E-state index contributed by atoms with van der Waals surface area (Å²) in [7, 11) is 0. The molecule has 8 nitrogen and oxygen atoms in total. The van der Waals surface area contributed by atoms with Gasteiger partial charge >= 0.3 is 5.97 Å². The van der Waals surface area contributed by atoms with Crippen LogP contribution in [0.2, 0.25) is 0 Å². The van der Waals surface area contributed by atoms with Gasteiger partial charge in [-0.05, 0) is 26.7 Å². The van der Waals surface area contributed by atoms with Gasteiger partial charge in [-0.2, -0.15) is 5.10 Å². The molecular formula is C17H26N4O4. The lowest BCUT2D eigenvalue weighted by atomic mass is 9.95. The summed E-state index contributed by atoms with van der Waals surface area (Å²) in [6, 6.07) is -0.277. The van der Waals surface area contributed by atoms with E-state index in [0.717, 1.165) is 25.7 Å². The lowest BCUT2D eigenvalue weighted by Crippen LogP contribution is -2.40. The molecule has 1 aliphatic rings. The first-order valence-electron chi connectivity index (χ1n) is 8.72.